The van der Waals surface area contributed by atoms with Gasteiger partial charge in [0.05, 0.1) is 6.04 Å². The van der Waals surface area contributed by atoms with Crippen LogP contribution in [0.15, 0.2) is 41.6 Å². The minimum atomic E-state index is -0.0227. The average Bonchev–Trinajstić information content (AvgIpc) is 2.84. The lowest BCUT2D eigenvalue weighted by molar-refractivity contribution is 0.642. The SMILES string of the molecule is CCn1ccnc1C(N)CSc1cccc(C)c1. The van der Waals surface area contributed by atoms with E-state index >= 15 is 0 Å². The van der Waals surface area contributed by atoms with Crippen LogP contribution in [0, 0.1) is 6.92 Å². The number of nitrogens with two attached hydrogens (primary N) is 1. The van der Waals surface area contributed by atoms with Crippen molar-refractivity contribution in [1.82, 2.24) is 9.55 Å². The van der Waals surface area contributed by atoms with Crippen LogP contribution < -0.4 is 5.73 Å². The van der Waals surface area contributed by atoms with Crippen molar-refractivity contribution in [3.8, 4) is 0 Å². The molecule has 0 bridgehead atoms. The molecule has 2 aromatic rings. The van der Waals surface area contributed by atoms with E-state index in [0.29, 0.717) is 0 Å². The van der Waals surface area contributed by atoms with Gasteiger partial charge in [-0.1, -0.05) is 17.7 Å². The molecular weight excluding hydrogens is 242 g/mol. The molecule has 2 rings (SSSR count). The first-order valence-corrected chi connectivity index (χ1v) is 7.15. The van der Waals surface area contributed by atoms with Gasteiger partial charge in [-0.2, -0.15) is 0 Å². The van der Waals surface area contributed by atoms with E-state index in [1.54, 1.807) is 11.8 Å². The molecule has 1 heterocycles. The Morgan fingerprint density at radius 2 is 2.28 bits per heavy atom. The fraction of sp³-hybridized carbons (Fsp3) is 0.357. The maximum atomic E-state index is 6.20. The van der Waals surface area contributed by atoms with Crippen LogP contribution in [0.3, 0.4) is 0 Å². The number of benzene rings is 1. The monoisotopic (exact) mass is 261 g/mol. The molecule has 0 aliphatic carbocycles. The van der Waals surface area contributed by atoms with Crippen LogP contribution in [0.25, 0.3) is 0 Å². The van der Waals surface area contributed by atoms with E-state index < -0.39 is 0 Å². The summed E-state index contributed by atoms with van der Waals surface area (Å²) in [6.45, 7) is 5.12. The average molecular weight is 261 g/mol. The summed E-state index contributed by atoms with van der Waals surface area (Å²) < 4.78 is 2.10. The van der Waals surface area contributed by atoms with E-state index in [1.807, 2.05) is 12.4 Å². The molecule has 4 heteroatoms. The predicted molar refractivity (Wildman–Crippen MR) is 76.7 cm³/mol. The number of thioether (sulfide) groups is 1. The summed E-state index contributed by atoms with van der Waals surface area (Å²) in [4.78, 5) is 5.61. The van der Waals surface area contributed by atoms with E-state index in [2.05, 4.69) is 47.7 Å². The molecule has 96 valence electrons. The normalized spacial score (nSPS) is 12.6. The summed E-state index contributed by atoms with van der Waals surface area (Å²) in [7, 11) is 0. The first kappa shape index (κ1) is 13.2. The molecule has 1 aromatic carbocycles. The number of aromatic nitrogens is 2. The zero-order valence-electron chi connectivity index (χ0n) is 10.8. The molecule has 1 atom stereocenters. The first-order chi connectivity index (χ1) is 8.70. The summed E-state index contributed by atoms with van der Waals surface area (Å²) >= 11 is 1.78. The standard InChI is InChI=1S/C14H19N3S/c1-3-17-8-7-16-14(17)13(15)10-18-12-6-4-5-11(2)9-12/h4-9,13H,3,10,15H2,1-2H3. The Morgan fingerprint density at radius 3 is 3.00 bits per heavy atom. The Bertz CT molecular complexity index is 507. The highest BCUT2D eigenvalue weighted by Gasteiger charge is 2.12. The van der Waals surface area contributed by atoms with Crippen molar-refractivity contribution in [3.05, 3.63) is 48.0 Å². The molecule has 1 aromatic heterocycles. The maximum absolute atomic E-state index is 6.20. The van der Waals surface area contributed by atoms with Crippen LogP contribution >= 0.6 is 11.8 Å². The highest BCUT2D eigenvalue weighted by atomic mass is 32.2. The Labute approximate surface area is 112 Å². The third-order valence-electron chi connectivity index (χ3n) is 2.84. The lowest BCUT2D eigenvalue weighted by Crippen LogP contribution is -2.18. The van der Waals surface area contributed by atoms with Gasteiger partial charge < -0.3 is 10.3 Å². The van der Waals surface area contributed by atoms with Gasteiger partial charge in [0, 0.05) is 29.6 Å². The number of hydrogen-bond donors (Lipinski definition) is 1. The number of nitrogens with zero attached hydrogens (tertiary/aromatic N) is 2. The second kappa shape index (κ2) is 6.07. The third kappa shape index (κ3) is 3.15. The molecule has 2 N–H and O–H groups in total. The molecule has 0 saturated carbocycles. The van der Waals surface area contributed by atoms with Crippen molar-refractivity contribution < 1.29 is 0 Å². The van der Waals surface area contributed by atoms with E-state index in [-0.39, 0.29) is 6.04 Å². The first-order valence-electron chi connectivity index (χ1n) is 6.16. The molecule has 0 fully saturated rings. The van der Waals surface area contributed by atoms with E-state index in [4.69, 9.17) is 5.73 Å². The van der Waals surface area contributed by atoms with Crippen molar-refractivity contribution >= 4 is 11.8 Å². The van der Waals surface area contributed by atoms with Crippen molar-refractivity contribution in [1.29, 1.82) is 0 Å². The minimum absolute atomic E-state index is 0.0227. The van der Waals surface area contributed by atoms with Crippen LogP contribution in [0.4, 0.5) is 0 Å². The molecule has 1 unspecified atom stereocenters. The number of hydrogen-bond acceptors (Lipinski definition) is 3. The third-order valence-corrected chi connectivity index (χ3v) is 3.95. The molecule has 3 nitrogen and oxygen atoms in total. The molecule has 0 aliphatic rings. The second-order valence-corrected chi connectivity index (χ2v) is 5.40. The smallest absolute Gasteiger partial charge is 0.126 e. The van der Waals surface area contributed by atoms with Crippen molar-refractivity contribution in [2.75, 3.05) is 5.75 Å². The predicted octanol–water partition coefficient (Wildman–Crippen LogP) is 3.00. The molecular formula is C14H19N3S. The lowest BCUT2D eigenvalue weighted by Gasteiger charge is -2.12. The van der Waals surface area contributed by atoms with Crippen LogP contribution in [0.5, 0.6) is 0 Å². The highest BCUT2D eigenvalue weighted by molar-refractivity contribution is 7.99. The second-order valence-electron chi connectivity index (χ2n) is 4.31. The number of aryl methyl sites for hydroxylation is 2. The van der Waals surface area contributed by atoms with Crippen LogP contribution in [-0.4, -0.2) is 15.3 Å². The van der Waals surface area contributed by atoms with Gasteiger partial charge in [0.15, 0.2) is 0 Å². The Balaban J connectivity index is 1.98. The molecule has 0 spiro atoms. The van der Waals surface area contributed by atoms with Gasteiger partial charge in [0.2, 0.25) is 0 Å². The topological polar surface area (TPSA) is 43.8 Å². The Hall–Kier alpha value is -1.26. The molecule has 0 aliphatic heterocycles. The Kier molecular flexibility index (Phi) is 4.44. The van der Waals surface area contributed by atoms with Gasteiger partial charge >= 0.3 is 0 Å². The lowest BCUT2D eigenvalue weighted by atomic mass is 10.2. The fourth-order valence-electron chi connectivity index (χ4n) is 1.88. The number of imidazole rings is 1. The van der Waals surface area contributed by atoms with Gasteiger partial charge in [-0.05, 0) is 26.0 Å². The zero-order chi connectivity index (χ0) is 13.0. The van der Waals surface area contributed by atoms with Crippen LogP contribution in [-0.2, 0) is 6.54 Å². The molecule has 0 radical (unpaired) electrons. The van der Waals surface area contributed by atoms with E-state index in [0.717, 1.165) is 18.1 Å². The summed E-state index contributed by atoms with van der Waals surface area (Å²) in [5.74, 6) is 1.82. The van der Waals surface area contributed by atoms with Crippen molar-refractivity contribution in [2.45, 2.75) is 31.3 Å². The molecule has 18 heavy (non-hydrogen) atoms. The summed E-state index contributed by atoms with van der Waals surface area (Å²) in [6.07, 6.45) is 3.79. The van der Waals surface area contributed by atoms with Crippen molar-refractivity contribution in [2.24, 2.45) is 5.73 Å². The minimum Gasteiger partial charge on any atom is -0.334 e. The fourth-order valence-corrected chi connectivity index (χ4v) is 2.85. The van der Waals surface area contributed by atoms with Gasteiger partial charge in [-0.15, -0.1) is 11.8 Å². The van der Waals surface area contributed by atoms with E-state index in [1.165, 1.54) is 10.5 Å². The summed E-state index contributed by atoms with van der Waals surface area (Å²) in [6, 6.07) is 8.47. The highest BCUT2D eigenvalue weighted by Crippen LogP contribution is 2.23. The van der Waals surface area contributed by atoms with Crippen LogP contribution in [0.1, 0.15) is 24.4 Å². The van der Waals surface area contributed by atoms with Crippen LogP contribution in [0.2, 0.25) is 0 Å². The van der Waals surface area contributed by atoms with Crippen molar-refractivity contribution in [3.63, 3.8) is 0 Å². The zero-order valence-corrected chi connectivity index (χ0v) is 11.7. The maximum Gasteiger partial charge on any atom is 0.126 e. The Morgan fingerprint density at radius 1 is 1.44 bits per heavy atom. The quantitative estimate of drug-likeness (QED) is 0.841. The molecule has 0 saturated heterocycles. The number of rotatable bonds is 5. The summed E-state index contributed by atoms with van der Waals surface area (Å²) in [5.41, 5.74) is 7.48. The van der Waals surface area contributed by atoms with Gasteiger partial charge in [-0.3, -0.25) is 0 Å². The molecule has 0 amide bonds. The van der Waals surface area contributed by atoms with E-state index in [9.17, 15) is 0 Å². The van der Waals surface area contributed by atoms with Gasteiger partial charge in [0.1, 0.15) is 5.82 Å². The van der Waals surface area contributed by atoms with Gasteiger partial charge in [-0.25, -0.2) is 4.98 Å². The van der Waals surface area contributed by atoms with Gasteiger partial charge in [0.25, 0.3) is 0 Å². The summed E-state index contributed by atoms with van der Waals surface area (Å²) in [5, 5.41) is 0. The largest absolute Gasteiger partial charge is 0.334 e.